The average molecular weight is 259 g/mol. The molecule has 2 aromatic rings. The highest BCUT2D eigenvalue weighted by Crippen LogP contribution is 2.31. The van der Waals surface area contributed by atoms with Crippen LogP contribution in [0.15, 0.2) is 16.9 Å². The van der Waals surface area contributed by atoms with E-state index in [0.717, 1.165) is 43.1 Å². The molecule has 0 aromatic carbocycles. The van der Waals surface area contributed by atoms with Gasteiger partial charge in [0.25, 0.3) is 0 Å². The molecule has 1 fully saturated rings. The van der Waals surface area contributed by atoms with Crippen LogP contribution in [0.4, 0.5) is 0 Å². The maximum Gasteiger partial charge on any atom is 0.223 e. The molecule has 0 bridgehead atoms. The lowest BCUT2D eigenvalue weighted by Gasteiger charge is -2.21. The molecule has 0 unspecified atom stereocenters. The van der Waals surface area contributed by atoms with Gasteiger partial charge in [-0.1, -0.05) is 5.16 Å². The molecule has 1 saturated heterocycles. The van der Waals surface area contributed by atoms with Crippen molar-refractivity contribution in [3.8, 4) is 0 Å². The number of likely N-dealkylation sites (tertiary alicyclic amines) is 1. The molecule has 0 radical (unpaired) electrons. The molecule has 0 aliphatic carbocycles. The van der Waals surface area contributed by atoms with Crippen LogP contribution in [0, 0.1) is 13.8 Å². The number of rotatable bonds is 3. The summed E-state index contributed by atoms with van der Waals surface area (Å²) >= 11 is 0. The maximum absolute atomic E-state index is 5.08. The molecule has 1 aliphatic heterocycles. The zero-order valence-corrected chi connectivity index (χ0v) is 11.2. The quantitative estimate of drug-likeness (QED) is 0.837. The van der Waals surface area contributed by atoms with Crippen LogP contribution in [-0.4, -0.2) is 31.6 Å². The Morgan fingerprint density at radius 1 is 1.32 bits per heavy atom. The SMILES string of the molecule is Cc1cnc(CN2CCC[C@H]2c2noc(C)n2)cn1. The third-order valence-electron chi connectivity index (χ3n) is 3.40. The number of nitrogens with zero attached hydrogens (tertiary/aromatic N) is 5. The normalized spacial score (nSPS) is 20.0. The number of aromatic nitrogens is 4. The highest BCUT2D eigenvalue weighted by molar-refractivity contribution is 5.04. The van der Waals surface area contributed by atoms with Crippen LogP contribution in [-0.2, 0) is 6.54 Å². The topological polar surface area (TPSA) is 67.9 Å². The lowest BCUT2D eigenvalue weighted by Crippen LogP contribution is -2.24. The van der Waals surface area contributed by atoms with Gasteiger partial charge in [-0.15, -0.1) is 0 Å². The van der Waals surface area contributed by atoms with Crippen molar-refractivity contribution in [3.63, 3.8) is 0 Å². The fraction of sp³-hybridized carbons (Fsp3) is 0.538. The van der Waals surface area contributed by atoms with Gasteiger partial charge in [-0.05, 0) is 26.3 Å². The summed E-state index contributed by atoms with van der Waals surface area (Å²) in [6.45, 7) is 5.58. The number of hydrogen-bond donors (Lipinski definition) is 0. The zero-order chi connectivity index (χ0) is 13.2. The summed E-state index contributed by atoms with van der Waals surface area (Å²) in [6, 6.07) is 0.237. The van der Waals surface area contributed by atoms with E-state index < -0.39 is 0 Å². The second kappa shape index (κ2) is 5.05. The fourth-order valence-electron chi connectivity index (χ4n) is 2.47. The predicted octanol–water partition coefficient (Wildman–Crippen LogP) is 1.81. The van der Waals surface area contributed by atoms with Crippen molar-refractivity contribution in [3.05, 3.63) is 35.5 Å². The van der Waals surface area contributed by atoms with E-state index in [1.807, 2.05) is 20.0 Å². The minimum atomic E-state index is 0.237. The molecule has 19 heavy (non-hydrogen) atoms. The van der Waals surface area contributed by atoms with Crippen LogP contribution in [0.2, 0.25) is 0 Å². The molecule has 0 saturated carbocycles. The van der Waals surface area contributed by atoms with Gasteiger partial charge in [-0.2, -0.15) is 4.98 Å². The molecule has 1 aliphatic rings. The molecule has 0 N–H and O–H groups in total. The highest BCUT2D eigenvalue weighted by Gasteiger charge is 2.29. The van der Waals surface area contributed by atoms with E-state index in [1.54, 1.807) is 6.20 Å². The third kappa shape index (κ3) is 2.63. The van der Waals surface area contributed by atoms with Gasteiger partial charge in [-0.25, -0.2) is 0 Å². The minimum Gasteiger partial charge on any atom is -0.340 e. The first-order chi connectivity index (χ1) is 9.22. The Morgan fingerprint density at radius 3 is 2.89 bits per heavy atom. The number of aryl methyl sites for hydroxylation is 2. The first-order valence-electron chi connectivity index (χ1n) is 6.54. The van der Waals surface area contributed by atoms with Crippen molar-refractivity contribution in [1.29, 1.82) is 0 Å². The molecule has 3 rings (SSSR count). The summed E-state index contributed by atoms with van der Waals surface area (Å²) in [5.41, 5.74) is 1.92. The summed E-state index contributed by atoms with van der Waals surface area (Å²) in [6.07, 6.45) is 5.86. The molecular formula is C13H17N5O. The third-order valence-corrected chi connectivity index (χ3v) is 3.40. The van der Waals surface area contributed by atoms with E-state index in [-0.39, 0.29) is 6.04 Å². The lowest BCUT2D eigenvalue weighted by atomic mass is 10.2. The molecule has 6 nitrogen and oxygen atoms in total. The van der Waals surface area contributed by atoms with Gasteiger partial charge < -0.3 is 4.52 Å². The second-order valence-corrected chi connectivity index (χ2v) is 4.95. The van der Waals surface area contributed by atoms with E-state index in [0.29, 0.717) is 5.89 Å². The van der Waals surface area contributed by atoms with Crippen molar-refractivity contribution in [1.82, 2.24) is 25.0 Å². The van der Waals surface area contributed by atoms with Gasteiger partial charge in [0.1, 0.15) is 0 Å². The van der Waals surface area contributed by atoms with Crippen LogP contribution in [0.25, 0.3) is 0 Å². The smallest absolute Gasteiger partial charge is 0.223 e. The largest absolute Gasteiger partial charge is 0.340 e. The standard InChI is InChI=1S/C13H17N5O/c1-9-6-15-11(7-14-9)8-18-5-3-4-12(18)13-16-10(2)19-17-13/h6-7,12H,3-5,8H2,1-2H3/t12-/m0/s1. The molecule has 0 spiro atoms. The van der Waals surface area contributed by atoms with E-state index in [1.165, 1.54) is 0 Å². The van der Waals surface area contributed by atoms with Crippen molar-refractivity contribution in [2.24, 2.45) is 0 Å². The van der Waals surface area contributed by atoms with E-state index in [9.17, 15) is 0 Å². The van der Waals surface area contributed by atoms with Crippen LogP contribution in [0.3, 0.4) is 0 Å². The van der Waals surface area contributed by atoms with Gasteiger partial charge in [0, 0.05) is 25.9 Å². The fourth-order valence-corrected chi connectivity index (χ4v) is 2.47. The van der Waals surface area contributed by atoms with Crippen LogP contribution >= 0.6 is 0 Å². The Balaban J connectivity index is 1.74. The highest BCUT2D eigenvalue weighted by atomic mass is 16.5. The first-order valence-corrected chi connectivity index (χ1v) is 6.54. The molecule has 6 heteroatoms. The molecule has 100 valence electrons. The molecule has 3 heterocycles. The van der Waals surface area contributed by atoms with Gasteiger partial charge in [-0.3, -0.25) is 14.9 Å². The van der Waals surface area contributed by atoms with E-state index >= 15 is 0 Å². The summed E-state index contributed by atoms with van der Waals surface area (Å²) < 4.78 is 5.08. The van der Waals surface area contributed by atoms with Crippen LogP contribution < -0.4 is 0 Å². The van der Waals surface area contributed by atoms with Gasteiger partial charge in [0.15, 0.2) is 5.82 Å². The Labute approximate surface area is 111 Å². The monoisotopic (exact) mass is 259 g/mol. The first kappa shape index (κ1) is 12.2. The van der Waals surface area contributed by atoms with Gasteiger partial charge in [0.2, 0.25) is 5.89 Å². The summed E-state index contributed by atoms with van der Waals surface area (Å²) in [5, 5.41) is 4.04. The average Bonchev–Trinajstić information content (AvgIpc) is 3.01. The van der Waals surface area contributed by atoms with Crippen LogP contribution in [0.1, 0.15) is 42.0 Å². The van der Waals surface area contributed by atoms with E-state index in [4.69, 9.17) is 4.52 Å². The van der Waals surface area contributed by atoms with Crippen molar-refractivity contribution < 1.29 is 4.52 Å². The summed E-state index contributed by atoms with van der Waals surface area (Å²) in [7, 11) is 0. The van der Waals surface area contributed by atoms with Crippen molar-refractivity contribution >= 4 is 0 Å². The molecule has 2 aromatic heterocycles. The van der Waals surface area contributed by atoms with Crippen molar-refractivity contribution in [2.75, 3.05) is 6.54 Å². The lowest BCUT2D eigenvalue weighted by molar-refractivity contribution is 0.231. The Kier molecular flexibility index (Phi) is 3.25. The maximum atomic E-state index is 5.08. The van der Waals surface area contributed by atoms with Crippen LogP contribution in [0.5, 0.6) is 0 Å². The summed E-state index contributed by atoms with van der Waals surface area (Å²) in [4.78, 5) is 15.4. The molecular weight excluding hydrogens is 242 g/mol. The van der Waals surface area contributed by atoms with E-state index in [2.05, 4.69) is 25.0 Å². The predicted molar refractivity (Wildman–Crippen MR) is 68.2 cm³/mol. The van der Waals surface area contributed by atoms with Gasteiger partial charge in [0.05, 0.1) is 17.4 Å². The van der Waals surface area contributed by atoms with Gasteiger partial charge >= 0.3 is 0 Å². The zero-order valence-electron chi connectivity index (χ0n) is 11.2. The summed E-state index contributed by atoms with van der Waals surface area (Å²) in [5.74, 6) is 1.41. The van der Waals surface area contributed by atoms with Crippen molar-refractivity contribution in [2.45, 2.75) is 39.3 Å². The Hall–Kier alpha value is -1.82. The second-order valence-electron chi connectivity index (χ2n) is 4.95. The molecule has 1 atom stereocenters. The number of hydrogen-bond acceptors (Lipinski definition) is 6. The molecule has 0 amide bonds. The Morgan fingerprint density at radius 2 is 2.21 bits per heavy atom. The minimum absolute atomic E-state index is 0.237. The Bertz CT molecular complexity index is 550.